The number of nitrogens with one attached hydrogen (secondary N) is 1. The molecule has 1 aromatic carbocycles. The number of hydrogen-bond acceptors (Lipinski definition) is 4. The van der Waals surface area contributed by atoms with Crippen LogP contribution in [0.15, 0.2) is 24.3 Å². The monoisotopic (exact) mass is 189 g/mol. The van der Waals surface area contributed by atoms with Gasteiger partial charge in [0.15, 0.2) is 5.82 Å². The summed E-state index contributed by atoms with van der Waals surface area (Å²) in [6, 6.07) is 7.37. The van der Waals surface area contributed by atoms with Crippen molar-refractivity contribution < 1.29 is 0 Å². The Bertz CT molecular complexity index is 417. The topological polar surface area (TPSA) is 93.6 Å². The van der Waals surface area contributed by atoms with Gasteiger partial charge in [-0.25, -0.2) is 4.98 Å². The van der Waals surface area contributed by atoms with Gasteiger partial charge < -0.3 is 11.5 Å². The molecule has 0 radical (unpaired) electrons. The van der Waals surface area contributed by atoms with Gasteiger partial charge in [-0.1, -0.05) is 0 Å². The fraction of sp³-hybridized carbons (Fsp3) is 0.111. The zero-order valence-electron chi connectivity index (χ0n) is 7.57. The summed E-state index contributed by atoms with van der Waals surface area (Å²) in [5.74, 6) is 1.32. The van der Waals surface area contributed by atoms with E-state index in [0.717, 1.165) is 11.3 Å². The summed E-state index contributed by atoms with van der Waals surface area (Å²) in [7, 11) is 0. The van der Waals surface area contributed by atoms with Crippen molar-refractivity contribution in [3.05, 3.63) is 30.1 Å². The third-order valence-corrected chi connectivity index (χ3v) is 1.89. The molecule has 0 aliphatic heterocycles. The molecule has 2 aromatic rings. The van der Waals surface area contributed by atoms with Crippen molar-refractivity contribution in [3.8, 4) is 11.4 Å². The second-order valence-corrected chi connectivity index (χ2v) is 2.93. The van der Waals surface area contributed by atoms with Crippen molar-refractivity contribution in [2.24, 2.45) is 5.73 Å². The first-order valence-electron chi connectivity index (χ1n) is 4.27. The van der Waals surface area contributed by atoms with Gasteiger partial charge in [0, 0.05) is 11.3 Å². The van der Waals surface area contributed by atoms with Crippen molar-refractivity contribution in [2.75, 3.05) is 5.73 Å². The summed E-state index contributed by atoms with van der Waals surface area (Å²) >= 11 is 0. The van der Waals surface area contributed by atoms with Crippen LogP contribution in [-0.4, -0.2) is 15.2 Å². The first-order chi connectivity index (χ1) is 6.79. The van der Waals surface area contributed by atoms with Crippen LogP contribution in [0, 0.1) is 0 Å². The van der Waals surface area contributed by atoms with Gasteiger partial charge >= 0.3 is 0 Å². The molecule has 0 atom stereocenters. The standard InChI is InChI=1S/C9H11N5/c10-5-8-12-9(14-13-8)6-1-3-7(11)4-2-6/h1-4H,5,10-11H2,(H,12,13,14). The molecule has 0 spiro atoms. The maximum Gasteiger partial charge on any atom is 0.181 e. The van der Waals surface area contributed by atoms with Crippen LogP contribution in [0.5, 0.6) is 0 Å². The third kappa shape index (κ3) is 1.57. The van der Waals surface area contributed by atoms with Crippen LogP contribution < -0.4 is 11.5 Å². The number of nitrogens with zero attached hydrogens (tertiary/aromatic N) is 2. The quantitative estimate of drug-likeness (QED) is 0.600. The molecule has 72 valence electrons. The lowest BCUT2D eigenvalue weighted by Crippen LogP contribution is -1.97. The second kappa shape index (κ2) is 3.47. The van der Waals surface area contributed by atoms with E-state index in [1.165, 1.54) is 0 Å². The highest BCUT2D eigenvalue weighted by molar-refractivity contribution is 5.58. The molecule has 0 saturated heterocycles. The molecule has 5 N–H and O–H groups in total. The zero-order valence-corrected chi connectivity index (χ0v) is 7.57. The van der Waals surface area contributed by atoms with Crippen molar-refractivity contribution >= 4 is 5.69 Å². The van der Waals surface area contributed by atoms with Gasteiger partial charge in [-0.15, -0.1) is 0 Å². The smallest absolute Gasteiger partial charge is 0.181 e. The van der Waals surface area contributed by atoms with E-state index in [-0.39, 0.29) is 0 Å². The molecule has 0 aliphatic rings. The number of hydrogen-bond donors (Lipinski definition) is 3. The lowest BCUT2D eigenvalue weighted by molar-refractivity contribution is 0.917. The Balaban J connectivity index is 2.34. The largest absolute Gasteiger partial charge is 0.399 e. The Labute approximate surface area is 81.2 Å². The SMILES string of the molecule is NCc1nc(-c2ccc(N)cc2)n[nH]1. The van der Waals surface area contributed by atoms with E-state index in [2.05, 4.69) is 15.2 Å². The van der Waals surface area contributed by atoms with Crippen LogP contribution in [0.2, 0.25) is 0 Å². The number of aromatic amines is 1. The Morgan fingerprint density at radius 1 is 1.21 bits per heavy atom. The number of nitrogens with two attached hydrogens (primary N) is 2. The fourth-order valence-corrected chi connectivity index (χ4v) is 1.15. The maximum atomic E-state index is 5.57. The number of H-pyrrole nitrogens is 1. The van der Waals surface area contributed by atoms with Crippen LogP contribution in [0.25, 0.3) is 11.4 Å². The maximum absolute atomic E-state index is 5.57. The fourth-order valence-electron chi connectivity index (χ4n) is 1.15. The highest BCUT2D eigenvalue weighted by Crippen LogP contribution is 2.15. The summed E-state index contributed by atoms with van der Waals surface area (Å²) in [6.45, 7) is 0.363. The average Bonchev–Trinajstić information content (AvgIpc) is 2.67. The molecule has 5 heteroatoms. The zero-order chi connectivity index (χ0) is 9.97. The molecule has 0 fully saturated rings. The number of aromatic nitrogens is 3. The summed E-state index contributed by atoms with van der Waals surface area (Å²) in [4.78, 5) is 4.20. The molecule has 5 nitrogen and oxygen atoms in total. The molecule has 0 amide bonds. The summed E-state index contributed by atoms with van der Waals surface area (Å²) in [5, 5.41) is 6.78. The molecular weight excluding hydrogens is 178 g/mol. The van der Waals surface area contributed by atoms with Crippen LogP contribution in [0.4, 0.5) is 5.69 Å². The van der Waals surface area contributed by atoms with Crippen LogP contribution in [0.3, 0.4) is 0 Å². The highest BCUT2D eigenvalue weighted by Gasteiger charge is 2.03. The first kappa shape index (κ1) is 8.71. The van der Waals surface area contributed by atoms with E-state index < -0.39 is 0 Å². The van der Waals surface area contributed by atoms with Crippen molar-refractivity contribution in [2.45, 2.75) is 6.54 Å². The first-order valence-corrected chi connectivity index (χ1v) is 4.27. The Morgan fingerprint density at radius 3 is 2.50 bits per heavy atom. The predicted octanol–water partition coefficient (Wildman–Crippen LogP) is 0.513. The van der Waals surface area contributed by atoms with E-state index >= 15 is 0 Å². The average molecular weight is 189 g/mol. The predicted molar refractivity (Wildman–Crippen MR) is 54.1 cm³/mol. The van der Waals surface area contributed by atoms with E-state index in [9.17, 15) is 0 Å². The molecule has 14 heavy (non-hydrogen) atoms. The minimum atomic E-state index is 0.363. The highest BCUT2D eigenvalue weighted by atomic mass is 15.2. The minimum absolute atomic E-state index is 0.363. The Kier molecular flexibility index (Phi) is 2.16. The number of nitrogen functional groups attached to an aromatic ring is 1. The number of rotatable bonds is 2. The van der Waals surface area contributed by atoms with Gasteiger partial charge in [-0.2, -0.15) is 5.10 Å². The van der Waals surface area contributed by atoms with Gasteiger partial charge in [0.05, 0.1) is 6.54 Å². The van der Waals surface area contributed by atoms with Crippen LogP contribution in [-0.2, 0) is 6.54 Å². The summed E-state index contributed by atoms with van der Waals surface area (Å²) in [5.41, 5.74) is 12.6. The van der Waals surface area contributed by atoms with Crippen molar-refractivity contribution in [3.63, 3.8) is 0 Å². The molecular formula is C9H11N5. The second-order valence-electron chi connectivity index (χ2n) is 2.93. The Hall–Kier alpha value is -1.88. The third-order valence-electron chi connectivity index (χ3n) is 1.89. The normalized spacial score (nSPS) is 10.4. The van der Waals surface area contributed by atoms with E-state index in [0.29, 0.717) is 18.2 Å². The van der Waals surface area contributed by atoms with Gasteiger partial charge in [-0.05, 0) is 24.3 Å². The van der Waals surface area contributed by atoms with E-state index in [1.807, 2.05) is 24.3 Å². The lowest BCUT2D eigenvalue weighted by Gasteiger charge is -1.95. The van der Waals surface area contributed by atoms with E-state index in [4.69, 9.17) is 11.5 Å². The van der Waals surface area contributed by atoms with Gasteiger partial charge in [0.2, 0.25) is 0 Å². The molecule has 1 aromatic heterocycles. The van der Waals surface area contributed by atoms with Gasteiger partial charge in [0.25, 0.3) is 0 Å². The molecule has 2 rings (SSSR count). The van der Waals surface area contributed by atoms with E-state index in [1.54, 1.807) is 0 Å². The molecule has 0 saturated carbocycles. The van der Waals surface area contributed by atoms with Crippen LogP contribution in [0.1, 0.15) is 5.82 Å². The molecule has 0 aliphatic carbocycles. The van der Waals surface area contributed by atoms with Crippen molar-refractivity contribution in [1.82, 2.24) is 15.2 Å². The summed E-state index contributed by atoms with van der Waals surface area (Å²) < 4.78 is 0. The molecule has 0 bridgehead atoms. The lowest BCUT2D eigenvalue weighted by atomic mass is 10.2. The minimum Gasteiger partial charge on any atom is -0.399 e. The number of benzene rings is 1. The molecule has 1 heterocycles. The van der Waals surface area contributed by atoms with Crippen LogP contribution >= 0.6 is 0 Å². The summed E-state index contributed by atoms with van der Waals surface area (Å²) in [6.07, 6.45) is 0. The van der Waals surface area contributed by atoms with Gasteiger partial charge in [-0.3, -0.25) is 5.10 Å². The van der Waals surface area contributed by atoms with Gasteiger partial charge in [0.1, 0.15) is 5.82 Å². The van der Waals surface area contributed by atoms with Crippen molar-refractivity contribution in [1.29, 1.82) is 0 Å². The Morgan fingerprint density at radius 2 is 1.93 bits per heavy atom. The number of anilines is 1. The molecule has 0 unspecified atom stereocenters.